The molecular formula is C19H32FN. The van der Waals surface area contributed by atoms with Crippen LogP contribution in [0.4, 0.5) is 4.39 Å². The van der Waals surface area contributed by atoms with Crippen LogP contribution in [0.25, 0.3) is 0 Å². The molecule has 120 valence electrons. The van der Waals surface area contributed by atoms with Crippen LogP contribution in [0.2, 0.25) is 0 Å². The molecule has 1 aromatic carbocycles. The fourth-order valence-electron chi connectivity index (χ4n) is 3.11. The van der Waals surface area contributed by atoms with Crippen molar-refractivity contribution in [2.75, 3.05) is 6.54 Å². The molecule has 0 aliphatic rings. The molecule has 0 spiro atoms. The van der Waals surface area contributed by atoms with Gasteiger partial charge in [0.1, 0.15) is 5.82 Å². The SMILES string of the molecule is CCCNC(Cc1ccc(F)cc1)CC(C)CC(C)(C)C. The number of rotatable bonds is 8. The predicted molar refractivity (Wildman–Crippen MR) is 90.0 cm³/mol. The first kappa shape index (κ1) is 18.2. The molecule has 2 unspecified atom stereocenters. The maximum Gasteiger partial charge on any atom is 0.123 e. The summed E-state index contributed by atoms with van der Waals surface area (Å²) in [4.78, 5) is 0. The predicted octanol–water partition coefficient (Wildman–Crippen LogP) is 5.20. The molecule has 0 aromatic heterocycles. The van der Waals surface area contributed by atoms with Crippen molar-refractivity contribution < 1.29 is 4.39 Å². The summed E-state index contributed by atoms with van der Waals surface area (Å²) in [6.45, 7) is 12.5. The molecule has 0 heterocycles. The van der Waals surface area contributed by atoms with Gasteiger partial charge in [-0.15, -0.1) is 0 Å². The van der Waals surface area contributed by atoms with Gasteiger partial charge in [0.25, 0.3) is 0 Å². The highest BCUT2D eigenvalue weighted by molar-refractivity contribution is 5.17. The lowest BCUT2D eigenvalue weighted by molar-refractivity contribution is 0.274. The molecule has 2 atom stereocenters. The average Bonchev–Trinajstić information content (AvgIpc) is 2.36. The van der Waals surface area contributed by atoms with Gasteiger partial charge in [-0.2, -0.15) is 0 Å². The highest BCUT2D eigenvalue weighted by Crippen LogP contribution is 2.27. The fraction of sp³-hybridized carbons (Fsp3) is 0.684. The van der Waals surface area contributed by atoms with Crippen molar-refractivity contribution in [2.24, 2.45) is 11.3 Å². The Morgan fingerprint density at radius 3 is 2.29 bits per heavy atom. The van der Waals surface area contributed by atoms with E-state index in [0.717, 1.165) is 19.4 Å². The van der Waals surface area contributed by atoms with Gasteiger partial charge in [0.15, 0.2) is 0 Å². The molecule has 0 saturated carbocycles. The van der Waals surface area contributed by atoms with Crippen molar-refractivity contribution >= 4 is 0 Å². The van der Waals surface area contributed by atoms with Gasteiger partial charge < -0.3 is 5.32 Å². The van der Waals surface area contributed by atoms with Gasteiger partial charge >= 0.3 is 0 Å². The van der Waals surface area contributed by atoms with Gasteiger partial charge in [0.05, 0.1) is 0 Å². The van der Waals surface area contributed by atoms with E-state index in [1.807, 2.05) is 12.1 Å². The van der Waals surface area contributed by atoms with Crippen molar-refractivity contribution in [3.63, 3.8) is 0 Å². The van der Waals surface area contributed by atoms with Gasteiger partial charge in [-0.25, -0.2) is 4.39 Å². The van der Waals surface area contributed by atoms with Crippen LogP contribution >= 0.6 is 0 Å². The summed E-state index contributed by atoms with van der Waals surface area (Å²) < 4.78 is 13.0. The van der Waals surface area contributed by atoms with E-state index in [-0.39, 0.29) is 5.82 Å². The van der Waals surface area contributed by atoms with Crippen LogP contribution in [0.15, 0.2) is 24.3 Å². The quantitative estimate of drug-likeness (QED) is 0.694. The largest absolute Gasteiger partial charge is 0.314 e. The molecule has 0 bridgehead atoms. The molecule has 0 aliphatic heterocycles. The summed E-state index contributed by atoms with van der Waals surface area (Å²) in [6, 6.07) is 7.41. The number of benzene rings is 1. The minimum atomic E-state index is -0.155. The van der Waals surface area contributed by atoms with Crippen LogP contribution < -0.4 is 5.32 Å². The molecule has 0 fully saturated rings. The molecule has 1 aromatic rings. The Morgan fingerprint density at radius 2 is 1.76 bits per heavy atom. The van der Waals surface area contributed by atoms with E-state index < -0.39 is 0 Å². The van der Waals surface area contributed by atoms with Crippen molar-refractivity contribution in [3.05, 3.63) is 35.6 Å². The third-order valence-electron chi connectivity index (χ3n) is 3.73. The lowest BCUT2D eigenvalue weighted by Gasteiger charge is -2.27. The molecule has 1 nitrogen and oxygen atoms in total. The van der Waals surface area contributed by atoms with E-state index in [0.29, 0.717) is 17.4 Å². The Hall–Kier alpha value is -0.890. The number of nitrogens with one attached hydrogen (secondary N) is 1. The monoisotopic (exact) mass is 293 g/mol. The van der Waals surface area contributed by atoms with Gasteiger partial charge in [0, 0.05) is 6.04 Å². The number of hydrogen-bond acceptors (Lipinski definition) is 1. The second-order valence-corrected chi connectivity index (χ2v) is 7.59. The van der Waals surface area contributed by atoms with E-state index in [1.165, 1.54) is 18.4 Å². The van der Waals surface area contributed by atoms with E-state index in [9.17, 15) is 4.39 Å². The molecule has 0 aliphatic carbocycles. The van der Waals surface area contributed by atoms with Gasteiger partial charge in [-0.1, -0.05) is 46.8 Å². The molecule has 0 saturated heterocycles. The van der Waals surface area contributed by atoms with E-state index in [4.69, 9.17) is 0 Å². The van der Waals surface area contributed by atoms with Crippen LogP contribution in [-0.2, 0) is 6.42 Å². The minimum Gasteiger partial charge on any atom is -0.314 e. The minimum absolute atomic E-state index is 0.155. The molecule has 0 amide bonds. The molecule has 0 radical (unpaired) electrons. The maximum absolute atomic E-state index is 13.0. The summed E-state index contributed by atoms with van der Waals surface area (Å²) in [7, 11) is 0. The van der Waals surface area contributed by atoms with Crippen molar-refractivity contribution in [3.8, 4) is 0 Å². The Kier molecular flexibility index (Phi) is 7.37. The van der Waals surface area contributed by atoms with Crippen LogP contribution in [0.1, 0.15) is 59.4 Å². The Morgan fingerprint density at radius 1 is 1.14 bits per heavy atom. The summed E-state index contributed by atoms with van der Waals surface area (Å²) >= 11 is 0. The van der Waals surface area contributed by atoms with Crippen molar-refractivity contribution in [1.29, 1.82) is 0 Å². The lowest BCUT2D eigenvalue weighted by atomic mass is 9.82. The standard InChI is InChI=1S/C19H32FN/c1-6-11-21-18(12-15(2)14-19(3,4)5)13-16-7-9-17(20)10-8-16/h7-10,15,18,21H,6,11-14H2,1-5H3. The molecule has 1 N–H and O–H groups in total. The molecular weight excluding hydrogens is 261 g/mol. The second-order valence-electron chi connectivity index (χ2n) is 7.59. The van der Waals surface area contributed by atoms with Crippen LogP contribution in [-0.4, -0.2) is 12.6 Å². The maximum atomic E-state index is 13.0. The van der Waals surface area contributed by atoms with Gasteiger partial charge in [-0.3, -0.25) is 0 Å². The summed E-state index contributed by atoms with van der Waals surface area (Å²) in [5, 5.41) is 3.66. The van der Waals surface area contributed by atoms with E-state index >= 15 is 0 Å². The Balaban J connectivity index is 2.60. The lowest BCUT2D eigenvalue weighted by Crippen LogP contribution is -2.34. The van der Waals surface area contributed by atoms with Crippen LogP contribution in [0, 0.1) is 17.2 Å². The summed E-state index contributed by atoms with van der Waals surface area (Å²) in [5.41, 5.74) is 1.60. The molecule has 21 heavy (non-hydrogen) atoms. The Labute approximate surface area is 130 Å². The third kappa shape index (κ3) is 8.21. The van der Waals surface area contributed by atoms with Crippen molar-refractivity contribution in [1.82, 2.24) is 5.32 Å². The van der Waals surface area contributed by atoms with Gasteiger partial charge in [0.2, 0.25) is 0 Å². The third-order valence-corrected chi connectivity index (χ3v) is 3.73. The normalized spacial score (nSPS) is 15.0. The highest BCUT2D eigenvalue weighted by atomic mass is 19.1. The summed E-state index contributed by atoms with van der Waals surface area (Å²) in [6.07, 6.45) is 4.54. The first-order valence-corrected chi connectivity index (χ1v) is 8.28. The first-order valence-electron chi connectivity index (χ1n) is 8.28. The summed E-state index contributed by atoms with van der Waals surface area (Å²) in [5.74, 6) is 0.540. The number of hydrogen-bond donors (Lipinski definition) is 1. The zero-order valence-electron chi connectivity index (χ0n) is 14.4. The zero-order valence-corrected chi connectivity index (χ0v) is 14.4. The fourth-order valence-corrected chi connectivity index (χ4v) is 3.11. The molecule has 2 heteroatoms. The molecule has 1 rings (SSSR count). The van der Waals surface area contributed by atoms with Gasteiger partial charge in [-0.05, 0) is 61.3 Å². The van der Waals surface area contributed by atoms with Crippen LogP contribution in [0.3, 0.4) is 0 Å². The zero-order chi connectivity index (χ0) is 15.9. The van der Waals surface area contributed by atoms with Crippen LogP contribution in [0.5, 0.6) is 0 Å². The average molecular weight is 293 g/mol. The topological polar surface area (TPSA) is 12.0 Å². The van der Waals surface area contributed by atoms with Crippen molar-refractivity contribution in [2.45, 2.75) is 66.3 Å². The van der Waals surface area contributed by atoms with E-state index in [1.54, 1.807) is 12.1 Å². The first-order chi connectivity index (χ1) is 9.80. The smallest absolute Gasteiger partial charge is 0.123 e. The highest BCUT2D eigenvalue weighted by Gasteiger charge is 2.19. The van der Waals surface area contributed by atoms with E-state index in [2.05, 4.69) is 39.9 Å². The second kappa shape index (κ2) is 8.53. The number of halogens is 1. The Bertz CT molecular complexity index is 391.